The topological polar surface area (TPSA) is 0 Å². The van der Waals surface area contributed by atoms with Gasteiger partial charge < -0.3 is 0 Å². The molecule has 93 valence electrons. The van der Waals surface area contributed by atoms with Crippen molar-refractivity contribution in [2.75, 3.05) is 0 Å². The smallest absolute Gasteiger partial charge is 0.166 e. The van der Waals surface area contributed by atoms with E-state index in [1.54, 1.807) is 12.1 Å². The van der Waals surface area contributed by atoms with E-state index in [4.69, 9.17) is 0 Å². The average Bonchev–Trinajstić information content (AvgIpc) is 2.38. The van der Waals surface area contributed by atoms with Gasteiger partial charge in [0.05, 0.1) is 5.56 Å². The zero-order chi connectivity index (χ0) is 13.2. The Morgan fingerprint density at radius 2 is 1.39 bits per heavy atom. The first-order valence-electron chi connectivity index (χ1n) is 5.55. The summed E-state index contributed by atoms with van der Waals surface area (Å²) in [7, 11) is -1.38. The Bertz CT molecular complexity index is 520. The van der Waals surface area contributed by atoms with Crippen LogP contribution in [0.5, 0.6) is 0 Å². The summed E-state index contributed by atoms with van der Waals surface area (Å²) in [5.74, 6) is 0. The Morgan fingerprint density at radius 1 is 0.833 bits per heavy atom. The lowest BCUT2D eigenvalue weighted by Crippen LogP contribution is -2.42. The second-order valence-corrected chi connectivity index (χ2v) is 6.40. The van der Waals surface area contributed by atoms with Crippen molar-refractivity contribution in [1.82, 2.24) is 0 Å². The lowest BCUT2D eigenvalue weighted by atomic mass is 10.2. The highest BCUT2D eigenvalue weighted by Gasteiger charge is 2.34. The van der Waals surface area contributed by atoms with Gasteiger partial charge in [-0.05, 0) is 5.19 Å². The Hall–Kier alpha value is -1.55. The van der Waals surface area contributed by atoms with E-state index in [-0.39, 0.29) is 0 Å². The van der Waals surface area contributed by atoms with Crippen molar-refractivity contribution in [2.45, 2.75) is 12.7 Å². The van der Waals surface area contributed by atoms with Crippen molar-refractivity contribution in [3.05, 3.63) is 60.2 Å². The van der Waals surface area contributed by atoms with Crippen molar-refractivity contribution in [3.8, 4) is 0 Å². The molecule has 4 heteroatoms. The van der Waals surface area contributed by atoms with Gasteiger partial charge in [0.15, 0.2) is 0 Å². The van der Waals surface area contributed by atoms with E-state index < -0.39 is 20.5 Å². The maximum atomic E-state index is 12.9. The summed E-state index contributed by atoms with van der Waals surface area (Å²) in [5.41, 5.74) is -0.509. The Labute approximate surface area is 106 Å². The van der Waals surface area contributed by atoms with E-state index in [0.717, 1.165) is 11.3 Å². The summed E-state index contributed by atoms with van der Waals surface area (Å²) in [6.07, 6.45) is -4.28. The van der Waals surface area contributed by atoms with Gasteiger partial charge in [-0.25, -0.2) is 0 Å². The van der Waals surface area contributed by atoms with Gasteiger partial charge in [-0.3, -0.25) is 0 Å². The number of halogens is 3. The molecule has 0 spiro atoms. The molecule has 0 N–H and O–H groups in total. The third-order valence-corrected chi connectivity index (χ3v) is 5.29. The number of benzene rings is 2. The number of rotatable bonds is 2. The summed E-state index contributed by atoms with van der Waals surface area (Å²) < 4.78 is 38.8. The quantitative estimate of drug-likeness (QED) is 0.732. The van der Waals surface area contributed by atoms with Crippen molar-refractivity contribution >= 4 is 19.2 Å². The average molecular weight is 265 g/mol. The van der Waals surface area contributed by atoms with Crippen molar-refractivity contribution < 1.29 is 13.2 Å². The second kappa shape index (κ2) is 4.98. The predicted octanol–water partition coefficient (Wildman–Crippen LogP) is 2.94. The fourth-order valence-corrected chi connectivity index (χ4v) is 3.88. The monoisotopic (exact) mass is 265 g/mol. The van der Waals surface area contributed by atoms with Crippen LogP contribution >= 0.6 is 0 Å². The van der Waals surface area contributed by atoms with Crippen LogP contribution in [0.2, 0.25) is 6.55 Å². The third-order valence-electron chi connectivity index (χ3n) is 2.84. The number of hydrogen-bond donors (Lipinski definition) is 0. The molecule has 2 rings (SSSR count). The normalized spacial score (nSPS) is 11.8. The predicted molar refractivity (Wildman–Crippen MR) is 68.8 cm³/mol. The molecule has 0 heterocycles. The van der Waals surface area contributed by atoms with E-state index >= 15 is 0 Å². The maximum Gasteiger partial charge on any atom is 0.416 e. The second-order valence-electron chi connectivity index (χ2n) is 4.03. The summed E-state index contributed by atoms with van der Waals surface area (Å²) in [4.78, 5) is 0. The lowest BCUT2D eigenvalue weighted by Gasteiger charge is -2.17. The van der Waals surface area contributed by atoms with Crippen LogP contribution < -0.4 is 10.4 Å². The molecule has 0 unspecified atom stereocenters. The minimum absolute atomic E-state index is 0.418. The molecule has 2 aromatic carbocycles. The Kier molecular flexibility index (Phi) is 3.57. The fraction of sp³-hybridized carbons (Fsp3) is 0.143. The van der Waals surface area contributed by atoms with Crippen LogP contribution in [0.25, 0.3) is 0 Å². The van der Waals surface area contributed by atoms with Crippen LogP contribution in [0.4, 0.5) is 13.2 Å². The first-order chi connectivity index (χ1) is 8.50. The van der Waals surface area contributed by atoms with Gasteiger partial charge in [-0.15, -0.1) is 0 Å². The highest BCUT2D eigenvalue weighted by molar-refractivity contribution is 6.84. The van der Waals surface area contributed by atoms with Crippen LogP contribution in [0.15, 0.2) is 54.6 Å². The fourth-order valence-electron chi connectivity index (χ4n) is 1.90. The van der Waals surface area contributed by atoms with Gasteiger partial charge in [0.1, 0.15) is 8.80 Å². The first kappa shape index (κ1) is 12.9. The molecular formula is C14H12F3Si. The van der Waals surface area contributed by atoms with Gasteiger partial charge >= 0.3 is 6.18 Å². The molecule has 1 radical (unpaired) electrons. The third kappa shape index (κ3) is 2.64. The summed E-state index contributed by atoms with van der Waals surface area (Å²) in [6.45, 7) is 1.89. The van der Waals surface area contributed by atoms with Gasteiger partial charge in [0.2, 0.25) is 0 Å². The molecular weight excluding hydrogens is 253 g/mol. The Balaban J connectivity index is 2.46. The minimum atomic E-state index is -4.28. The van der Waals surface area contributed by atoms with E-state index in [2.05, 4.69) is 0 Å². The van der Waals surface area contributed by atoms with E-state index in [1.807, 2.05) is 36.9 Å². The number of hydrogen-bond acceptors (Lipinski definition) is 0. The van der Waals surface area contributed by atoms with Gasteiger partial charge in [0.25, 0.3) is 0 Å². The molecule has 0 bridgehead atoms. The Morgan fingerprint density at radius 3 is 2.00 bits per heavy atom. The van der Waals surface area contributed by atoms with Crippen LogP contribution in [0.3, 0.4) is 0 Å². The molecule has 18 heavy (non-hydrogen) atoms. The lowest BCUT2D eigenvalue weighted by molar-refractivity contribution is -0.136. The van der Waals surface area contributed by atoms with Crippen molar-refractivity contribution in [3.63, 3.8) is 0 Å². The maximum absolute atomic E-state index is 12.9. The molecule has 2 aromatic rings. The SMILES string of the molecule is C[Si](c1ccccc1)c1ccccc1C(F)(F)F. The molecule has 0 saturated carbocycles. The molecule has 0 aromatic heterocycles. The van der Waals surface area contributed by atoms with Crippen molar-refractivity contribution in [2.24, 2.45) is 0 Å². The molecule has 0 saturated heterocycles. The molecule has 0 atom stereocenters. The van der Waals surface area contributed by atoms with Crippen LogP contribution in [-0.2, 0) is 6.18 Å². The van der Waals surface area contributed by atoms with Crippen LogP contribution in [-0.4, -0.2) is 8.80 Å². The summed E-state index contributed by atoms with van der Waals surface area (Å²) >= 11 is 0. The molecule has 0 fully saturated rings. The van der Waals surface area contributed by atoms with E-state index in [1.165, 1.54) is 6.07 Å². The number of alkyl halides is 3. The molecule has 0 amide bonds. The van der Waals surface area contributed by atoms with Crippen LogP contribution in [0.1, 0.15) is 5.56 Å². The van der Waals surface area contributed by atoms with Gasteiger partial charge in [0, 0.05) is 0 Å². The standard InChI is InChI=1S/C14H12F3Si/c1-18(11-7-3-2-4-8-11)13-10-6-5-9-12(13)14(15,16)17/h2-10H,1H3. The van der Waals surface area contributed by atoms with Gasteiger partial charge in [-0.1, -0.05) is 66.3 Å². The molecule has 0 aliphatic rings. The van der Waals surface area contributed by atoms with Crippen molar-refractivity contribution in [1.29, 1.82) is 0 Å². The zero-order valence-corrected chi connectivity index (χ0v) is 10.8. The molecule has 0 aliphatic carbocycles. The highest BCUT2D eigenvalue weighted by atomic mass is 28.3. The van der Waals surface area contributed by atoms with E-state index in [9.17, 15) is 13.2 Å². The largest absolute Gasteiger partial charge is 0.416 e. The van der Waals surface area contributed by atoms with E-state index in [0.29, 0.717) is 5.19 Å². The minimum Gasteiger partial charge on any atom is -0.166 e. The molecule has 0 aliphatic heterocycles. The molecule has 0 nitrogen and oxygen atoms in total. The highest BCUT2D eigenvalue weighted by Crippen LogP contribution is 2.27. The zero-order valence-electron chi connectivity index (χ0n) is 9.83. The first-order valence-corrected chi connectivity index (χ1v) is 7.55. The van der Waals surface area contributed by atoms with Gasteiger partial charge in [-0.2, -0.15) is 13.2 Å². The van der Waals surface area contributed by atoms with Crippen LogP contribution in [0, 0.1) is 0 Å². The summed E-state index contributed by atoms with van der Waals surface area (Å²) in [6, 6.07) is 15.2. The summed E-state index contributed by atoms with van der Waals surface area (Å²) in [5, 5.41) is 1.40.